The van der Waals surface area contributed by atoms with Gasteiger partial charge in [-0.15, -0.1) is 0 Å². The normalized spacial score (nSPS) is 14.8. The molecule has 0 unspecified atom stereocenters. The summed E-state index contributed by atoms with van der Waals surface area (Å²) in [6.07, 6.45) is 3.33. The number of rotatable bonds is 8. The number of carbonyl (C=O) groups is 2. The topological polar surface area (TPSA) is 70.7 Å². The highest BCUT2D eigenvalue weighted by Gasteiger charge is 2.22. The Hall–Kier alpha value is -3.12. The summed E-state index contributed by atoms with van der Waals surface area (Å²) in [5.74, 6) is 0.613. The van der Waals surface area contributed by atoms with Crippen LogP contribution in [0, 0.1) is 0 Å². The summed E-state index contributed by atoms with van der Waals surface area (Å²) in [5, 5.41) is 5.99. The minimum atomic E-state index is -0.0828. The fourth-order valence-corrected chi connectivity index (χ4v) is 3.29. The van der Waals surface area contributed by atoms with Gasteiger partial charge in [0.2, 0.25) is 5.91 Å². The molecule has 2 aromatic carbocycles. The van der Waals surface area contributed by atoms with Crippen molar-refractivity contribution in [2.45, 2.75) is 18.9 Å². The average molecular weight is 393 g/mol. The van der Waals surface area contributed by atoms with Gasteiger partial charge in [-0.2, -0.15) is 0 Å². The van der Waals surface area contributed by atoms with E-state index in [2.05, 4.69) is 22.1 Å². The largest absolute Gasteiger partial charge is 0.490 e. The molecule has 1 aliphatic heterocycles. The Morgan fingerprint density at radius 2 is 1.76 bits per heavy atom. The summed E-state index contributed by atoms with van der Waals surface area (Å²) in [6, 6.07) is 16.7. The molecule has 0 saturated carbocycles. The van der Waals surface area contributed by atoms with Crippen molar-refractivity contribution in [3.05, 3.63) is 72.8 Å². The number of amides is 2. The number of hydrogen-bond donors (Lipinski definition) is 2. The Morgan fingerprint density at radius 1 is 1.07 bits per heavy atom. The van der Waals surface area contributed by atoms with Crippen LogP contribution in [0.3, 0.4) is 0 Å². The predicted octanol–water partition coefficient (Wildman–Crippen LogP) is 3.08. The molecule has 0 atom stereocenters. The third kappa shape index (κ3) is 6.47. The van der Waals surface area contributed by atoms with E-state index in [9.17, 15) is 9.59 Å². The van der Waals surface area contributed by atoms with Crippen LogP contribution in [0.1, 0.15) is 23.2 Å². The van der Waals surface area contributed by atoms with Gasteiger partial charge in [0.05, 0.1) is 6.54 Å². The number of hydrogen-bond acceptors (Lipinski definition) is 4. The molecule has 0 bridgehead atoms. The van der Waals surface area contributed by atoms with Crippen LogP contribution in [0.2, 0.25) is 0 Å². The Bertz CT molecular complexity index is 813. The summed E-state index contributed by atoms with van der Waals surface area (Å²) in [7, 11) is 0. The molecule has 0 aliphatic carbocycles. The summed E-state index contributed by atoms with van der Waals surface area (Å²) < 4.78 is 5.43. The number of piperidine rings is 1. The fraction of sp³-hybridized carbons (Fsp3) is 0.304. The van der Waals surface area contributed by atoms with Crippen molar-refractivity contribution < 1.29 is 14.3 Å². The molecular weight excluding hydrogens is 366 g/mol. The lowest BCUT2D eigenvalue weighted by molar-refractivity contribution is -0.117. The maximum Gasteiger partial charge on any atom is 0.251 e. The first-order valence-electron chi connectivity index (χ1n) is 9.86. The Labute approximate surface area is 171 Å². The van der Waals surface area contributed by atoms with Crippen molar-refractivity contribution in [1.82, 2.24) is 10.2 Å². The number of ether oxygens (including phenoxy) is 1. The minimum Gasteiger partial charge on any atom is -0.490 e. The van der Waals surface area contributed by atoms with E-state index in [1.165, 1.54) is 0 Å². The van der Waals surface area contributed by atoms with Crippen molar-refractivity contribution in [3.63, 3.8) is 0 Å². The van der Waals surface area contributed by atoms with Gasteiger partial charge in [-0.1, -0.05) is 30.9 Å². The van der Waals surface area contributed by atoms with Crippen LogP contribution in [0.25, 0.3) is 0 Å². The van der Waals surface area contributed by atoms with Gasteiger partial charge >= 0.3 is 0 Å². The maximum absolute atomic E-state index is 12.5. The lowest BCUT2D eigenvalue weighted by Gasteiger charge is -2.31. The molecular formula is C23H27N3O3. The molecule has 0 aromatic heterocycles. The molecule has 1 aliphatic rings. The standard InChI is InChI=1S/C23H27N3O3/c1-2-16-29-21-10-8-18(9-11-21)23(28)25-20-12-14-26(15-13-20)17-22(27)24-19-6-4-3-5-7-19/h2-11,20H,1,12-17H2,(H,24,27)(H,25,28). The van der Waals surface area contributed by atoms with Gasteiger partial charge in [0.25, 0.3) is 5.91 Å². The first-order chi connectivity index (χ1) is 14.1. The van der Waals surface area contributed by atoms with Gasteiger partial charge in [-0.3, -0.25) is 14.5 Å². The lowest BCUT2D eigenvalue weighted by Crippen LogP contribution is -2.46. The van der Waals surface area contributed by atoms with Crippen LogP contribution in [-0.2, 0) is 4.79 Å². The van der Waals surface area contributed by atoms with Crippen molar-refractivity contribution in [1.29, 1.82) is 0 Å². The number of likely N-dealkylation sites (tertiary alicyclic amines) is 1. The van der Waals surface area contributed by atoms with Gasteiger partial charge in [0, 0.05) is 30.4 Å². The highest BCUT2D eigenvalue weighted by atomic mass is 16.5. The highest BCUT2D eigenvalue weighted by Crippen LogP contribution is 2.15. The second kappa shape index (κ2) is 10.4. The molecule has 29 heavy (non-hydrogen) atoms. The average Bonchev–Trinajstić information content (AvgIpc) is 2.74. The molecule has 0 radical (unpaired) electrons. The Kier molecular flexibility index (Phi) is 7.41. The second-order valence-electron chi connectivity index (χ2n) is 7.06. The van der Waals surface area contributed by atoms with Crippen LogP contribution < -0.4 is 15.4 Å². The molecule has 2 N–H and O–H groups in total. The van der Waals surface area contributed by atoms with E-state index in [0.29, 0.717) is 24.5 Å². The Balaban J connectivity index is 1.40. The molecule has 6 heteroatoms. The lowest BCUT2D eigenvalue weighted by atomic mass is 10.0. The zero-order valence-corrected chi connectivity index (χ0v) is 16.5. The van der Waals surface area contributed by atoms with Gasteiger partial charge in [-0.25, -0.2) is 0 Å². The van der Waals surface area contributed by atoms with E-state index in [-0.39, 0.29) is 17.9 Å². The summed E-state index contributed by atoms with van der Waals surface area (Å²) in [6.45, 7) is 5.97. The number of carbonyl (C=O) groups excluding carboxylic acids is 2. The fourth-order valence-electron chi connectivity index (χ4n) is 3.29. The quantitative estimate of drug-likeness (QED) is 0.676. The molecule has 1 saturated heterocycles. The van der Waals surface area contributed by atoms with Crippen LogP contribution in [0.4, 0.5) is 5.69 Å². The van der Waals surface area contributed by atoms with E-state index in [4.69, 9.17) is 4.74 Å². The van der Waals surface area contributed by atoms with Gasteiger partial charge in [0.1, 0.15) is 12.4 Å². The van der Waals surface area contributed by atoms with Crippen molar-refractivity contribution >= 4 is 17.5 Å². The molecule has 152 valence electrons. The van der Waals surface area contributed by atoms with Crippen molar-refractivity contribution in [2.75, 3.05) is 31.6 Å². The van der Waals surface area contributed by atoms with Crippen molar-refractivity contribution in [3.8, 4) is 5.75 Å². The van der Waals surface area contributed by atoms with Crippen LogP contribution in [0.15, 0.2) is 67.3 Å². The van der Waals surface area contributed by atoms with Crippen LogP contribution in [0.5, 0.6) is 5.75 Å². The van der Waals surface area contributed by atoms with E-state index in [1.807, 2.05) is 30.3 Å². The smallest absolute Gasteiger partial charge is 0.251 e. The molecule has 1 fully saturated rings. The third-order valence-corrected chi connectivity index (χ3v) is 4.83. The first-order valence-corrected chi connectivity index (χ1v) is 9.86. The van der Waals surface area contributed by atoms with Gasteiger partial charge in [-0.05, 0) is 49.2 Å². The zero-order valence-electron chi connectivity index (χ0n) is 16.5. The first kappa shape index (κ1) is 20.6. The number of para-hydroxylation sites is 1. The van der Waals surface area contributed by atoms with E-state index >= 15 is 0 Å². The van der Waals surface area contributed by atoms with Crippen LogP contribution >= 0.6 is 0 Å². The third-order valence-electron chi connectivity index (χ3n) is 4.83. The highest BCUT2D eigenvalue weighted by molar-refractivity contribution is 5.94. The maximum atomic E-state index is 12.5. The van der Waals surface area contributed by atoms with Gasteiger partial charge in [0.15, 0.2) is 0 Å². The molecule has 0 spiro atoms. The second-order valence-corrected chi connectivity index (χ2v) is 7.06. The Morgan fingerprint density at radius 3 is 2.41 bits per heavy atom. The van der Waals surface area contributed by atoms with E-state index in [0.717, 1.165) is 31.6 Å². The molecule has 1 heterocycles. The molecule has 3 rings (SSSR count). The number of nitrogens with zero attached hydrogens (tertiary/aromatic N) is 1. The zero-order chi connectivity index (χ0) is 20.5. The summed E-state index contributed by atoms with van der Waals surface area (Å²) >= 11 is 0. The minimum absolute atomic E-state index is 0.0163. The molecule has 6 nitrogen and oxygen atoms in total. The SMILES string of the molecule is C=CCOc1ccc(C(=O)NC2CCN(CC(=O)Nc3ccccc3)CC2)cc1. The summed E-state index contributed by atoms with van der Waals surface area (Å²) in [4.78, 5) is 26.8. The van der Waals surface area contributed by atoms with Crippen molar-refractivity contribution in [2.24, 2.45) is 0 Å². The number of benzene rings is 2. The van der Waals surface area contributed by atoms with Gasteiger partial charge < -0.3 is 15.4 Å². The number of anilines is 1. The van der Waals surface area contributed by atoms with E-state index in [1.54, 1.807) is 30.3 Å². The summed E-state index contributed by atoms with van der Waals surface area (Å²) in [5.41, 5.74) is 1.42. The number of nitrogens with one attached hydrogen (secondary N) is 2. The predicted molar refractivity (Wildman–Crippen MR) is 114 cm³/mol. The van der Waals surface area contributed by atoms with E-state index < -0.39 is 0 Å². The van der Waals surface area contributed by atoms with Crippen LogP contribution in [-0.4, -0.2) is 49.0 Å². The monoisotopic (exact) mass is 393 g/mol. The molecule has 2 amide bonds. The molecule has 2 aromatic rings.